The first-order chi connectivity index (χ1) is 14.2. The highest BCUT2D eigenvalue weighted by Crippen LogP contribution is 2.23. The summed E-state index contributed by atoms with van der Waals surface area (Å²) in [5.74, 6) is -0.357. The van der Waals surface area contributed by atoms with Crippen LogP contribution >= 0.6 is 0 Å². The molecule has 0 radical (unpaired) electrons. The van der Waals surface area contributed by atoms with Gasteiger partial charge < -0.3 is 14.8 Å². The minimum absolute atomic E-state index is 0.0919. The Balaban J connectivity index is 2.10. The maximum absolute atomic E-state index is 12.9. The zero-order chi connectivity index (χ0) is 22.3. The van der Waals surface area contributed by atoms with E-state index in [1.807, 2.05) is 0 Å². The first-order valence-electron chi connectivity index (χ1n) is 9.44. The van der Waals surface area contributed by atoms with Crippen LogP contribution in [0.15, 0.2) is 47.4 Å². The van der Waals surface area contributed by atoms with Crippen LogP contribution in [0.4, 0.5) is 5.69 Å². The van der Waals surface area contributed by atoms with Crippen molar-refractivity contribution in [3.05, 3.63) is 53.6 Å². The number of aryl methyl sites for hydroxylation is 1. The first kappa shape index (κ1) is 23.4. The van der Waals surface area contributed by atoms with E-state index in [9.17, 15) is 18.0 Å². The number of anilines is 1. The molecule has 0 saturated carbocycles. The third-order valence-electron chi connectivity index (χ3n) is 4.36. The molecule has 2 aromatic carbocycles. The second-order valence-electron chi connectivity index (χ2n) is 6.41. The van der Waals surface area contributed by atoms with Gasteiger partial charge in [-0.1, -0.05) is 6.92 Å². The van der Waals surface area contributed by atoms with E-state index in [0.29, 0.717) is 22.6 Å². The number of hydrogen-bond acceptors (Lipinski definition) is 6. The van der Waals surface area contributed by atoms with E-state index >= 15 is 0 Å². The first-order valence-corrected chi connectivity index (χ1v) is 10.9. The van der Waals surface area contributed by atoms with Crippen molar-refractivity contribution in [2.45, 2.75) is 25.7 Å². The van der Waals surface area contributed by atoms with Crippen LogP contribution in [0.2, 0.25) is 0 Å². The fourth-order valence-electron chi connectivity index (χ4n) is 2.79. The van der Waals surface area contributed by atoms with Crippen LogP contribution in [0.3, 0.4) is 0 Å². The number of benzene rings is 2. The molecule has 0 aliphatic carbocycles. The Morgan fingerprint density at radius 2 is 1.73 bits per heavy atom. The van der Waals surface area contributed by atoms with Gasteiger partial charge in [0.05, 0.1) is 30.7 Å². The quantitative estimate of drug-likeness (QED) is 0.609. The Morgan fingerprint density at radius 1 is 1.07 bits per heavy atom. The third kappa shape index (κ3) is 5.58. The second-order valence-corrected chi connectivity index (χ2v) is 8.35. The summed E-state index contributed by atoms with van der Waals surface area (Å²) in [5.41, 5.74) is 1.49. The van der Waals surface area contributed by atoms with Gasteiger partial charge in [-0.05, 0) is 61.9 Å². The van der Waals surface area contributed by atoms with E-state index in [1.54, 1.807) is 39.0 Å². The van der Waals surface area contributed by atoms with E-state index < -0.39 is 21.9 Å². The Labute approximate surface area is 176 Å². The maximum Gasteiger partial charge on any atom is 0.338 e. The average Bonchev–Trinajstić information content (AvgIpc) is 2.72. The number of methoxy groups -OCH3 is 1. The zero-order valence-corrected chi connectivity index (χ0v) is 18.3. The minimum Gasteiger partial charge on any atom is -0.496 e. The van der Waals surface area contributed by atoms with Crippen molar-refractivity contribution < 1.29 is 27.5 Å². The van der Waals surface area contributed by atoms with Gasteiger partial charge in [-0.25, -0.2) is 13.2 Å². The lowest BCUT2D eigenvalue weighted by molar-refractivity contribution is -0.116. The van der Waals surface area contributed by atoms with E-state index in [-0.39, 0.29) is 24.6 Å². The van der Waals surface area contributed by atoms with Crippen LogP contribution in [0.1, 0.15) is 29.8 Å². The predicted molar refractivity (Wildman–Crippen MR) is 113 cm³/mol. The van der Waals surface area contributed by atoms with Crippen molar-refractivity contribution >= 4 is 27.6 Å². The molecule has 0 fully saturated rings. The highest BCUT2D eigenvalue weighted by Gasteiger charge is 2.26. The Morgan fingerprint density at radius 3 is 2.27 bits per heavy atom. The van der Waals surface area contributed by atoms with Crippen LogP contribution in [-0.2, 0) is 19.6 Å². The molecule has 0 atom stereocenters. The van der Waals surface area contributed by atoms with Crippen LogP contribution in [0.25, 0.3) is 0 Å². The molecule has 0 bridgehead atoms. The summed E-state index contributed by atoms with van der Waals surface area (Å²) in [4.78, 5) is 24.2. The average molecular weight is 435 g/mol. The number of carbonyl (C=O) groups excluding carboxylic acids is 2. The summed E-state index contributed by atoms with van der Waals surface area (Å²) in [5, 5.41) is 2.64. The number of nitrogens with zero attached hydrogens (tertiary/aromatic N) is 1. The fraction of sp³-hybridized carbons (Fsp3) is 0.333. The molecule has 0 aromatic heterocycles. The molecule has 0 spiro atoms. The van der Waals surface area contributed by atoms with Crippen molar-refractivity contribution in [1.29, 1.82) is 0 Å². The smallest absolute Gasteiger partial charge is 0.338 e. The van der Waals surface area contributed by atoms with Gasteiger partial charge in [0.1, 0.15) is 5.75 Å². The number of sulfonamides is 1. The summed E-state index contributed by atoms with van der Waals surface area (Å²) >= 11 is 0. The molecule has 2 rings (SSSR count). The number of hydrogen-bond donors (Lipinski definition) is 1. The molecule has 9 heteroatoms. The monoisotopic (exact) mass is 434 g/mol. The molecule has 0 saturated heterocycles. The molecular weight excluding hydrogens is 408 g/mol. The lowest BCUT2D eigenvalue weighted by atomic mass is 10.2. The minimum atomic E-state index is -3.85. The molecule has 0 aliphatic rings. The predicted octanol–water partition coefficient (Wildman–Crippen LogP) is 2.83. The molecule has 162 valence electrons. The van der Waals surface area contributed by atoms with Gasteiger partial charge in [0.2, 0.25) is 15.9 Å². The number of likely N-dealkylation sites (N-methyl/N-ethyl adjacent to an activating group) is 1. The maximum atomic E-state index is 12.9. The number of amides is 1. The summed E-state index contributed by atoms with van der Waals surface area (Å²) in [6.45, 7) is 5.18. The summed E-state index contributed by atoms with van der Waals surface area (Å²) < 4.78 is 37.0. The van der Waals surface area contributed by atoms with Crippen LogP contribution < -0.4 is 10.1 Å². The molecule has 0 heterocycles. The second kappa shape index (κ2) is 10.2. The van der Waals surface area contributed by atoms with Crippen LogP contribution in [0, 0.1) is 6.92 Å². The molecule has 1 amide bonds. The zero-order valence-electron chi connectivity index (χ0n) is 17.5. The topological polar surface area (TPSA) is 102 Å². The SMILES string of the molecule is CCOC(=O)c1ccc(NC(=O)CN(CC)S(=O)(=O)c2ccc(OC)c(C)c2)cc1. The molecule has 8 nitrogen and oxygen atoms in total. The summed E-state index contributed by atoms with van der Waals surface area (Å²) in [7, 11) is -2.34. The van der Waals surface area contributed by atoms with E-state index in [1.165, 1.54) is 31.4 Å². The number of nitrogens with one attached hydrogen (secondary N) is 1. The highest BCUT2D eigenvalue weighted by molar-refractivity contribution is 7.89. The Bertz CT molecular complexity index is 1000. The van der Waals surface area contributed by atoms with Gasteiger partial charge >= 0.3 is 5.97 Å². The molecule has 0 unspecified atom stereocenters. The number of rotatable bonds is 9. The van der Waals surface area contributed by atoms with Crippen molar-refractivity contribution in [3.63, 3.8) is 0 Å². The lowest BCUT2D eigenvalue weighted by Gasteiger charge is -2.20. The van der Waals surface area contributed by atoms with Gasteiger partial charge in [0.25, 0.3) is 0 Å². The van der Waals surface area contributed by atoms with Crippen molar-refractivity contribution in [1.82, 2.24) is 4.31 Å². The molecular formula is C21H26N2O6S. The van der Waals surface area contributed by atoms with Gasteiger partial charge in [-0.3, -0.25) is 4.79 Å². The fourth-order valence-corrected chi connectivity index (χ4v) is 4.28. The number of carbonyl (C=O) groups is 2. The van der Waals surface area contributed by atoms with Gasteiger partial charge in [0, 0.05) is 12.2 Å². The largest absolute Gasteiger partial charge is 0.496 e. The van der Waals surface area contributed by atoms with Crippen LogP contribution in [-0.4, -0.2) is 51.4 Å². The Hall–Kier alpha value is -2.91. The molecule has 0 aliphatic heterocycles. The van der Waals surface area contributed by atoms with Crippen molar-refractivity contribution in [2.75, 3.05) is 32.1 Å². The van der Waals surface area contributed by atoms with Gasteiger partial charge in [-0.15, -0.1) is 0 Å². The summed E-state index contributed by atoms with van der Waals surface area (Å²) in [6.07, 6.45) is 0. The molecule has 2 aromatic rings. The van der Waals surface area contributed by atoms with Crippen molar-refractivity contribution in [3.8, 4) is 5.75 Å². The third-order valence-corrected chi connectivity index (χ3v) is 6.27. The highest BCUT2D eigenvalue weighted by atomic mass is 32.2. The standard InChI is InChI=1S/C21H26N2O6S/c1-5-23(30(26,27)18-11-12-19(28-4)15(3)13-18)14-20(24)22-17-9-7-16(8-10-17)21(25)29-6-2/h7-13H,5-6,14H2,1-4H3,(H,22,24). The molecule has 30 heavy (non-hydrogen) atoms. The normalized spacial score (nSPS) is 11.2. The summed E-state index contributed by atoms with van der Waals surface area (Å²) in [6, 6.07) is 10.7. The van der Waals surface area contributed by atoms with Crippen molar-refractivity contribution in [2.24, 2.45) is 0 Å². The molecule has 1 N–H and O–H groups in total. The van der Waals surface area contributed by atoms with Gasteiger partial charge in [-0.2, -0.15) is 4.31 Å². The van der Waals surface area contributed by atoms with E-state index in [4.69, 9.17) is 9.47 Å². The van der Waals surface area contributed by atoms with E-state index in [2.05, 4.69) is 5.32 Å². The number of esters is 1. The van der Waals surface area contributed by atoms with Gasteiger partial charge in [0.15, 0.2) is 0 Å². The Kier molecular flexibility index (Phi) is 7.96. The number of ether oxygens (including phenoxy) is 2. The van der Waals surface area contributed by atoms with Crippen LogP contribution in [0.5, 0.6) is 5.75 Å². The van der Waals surface area contributed by atoms with E-state index in [0.717, 1.165) is 4.31 Å². The lowest BCUT2D eigenvalue weighted by Crippen LogP contribution is -2.37.